The molecule has 0 fully saturated rings. The number of aromatic nitrogens is 1. The quantitative estimate of drug-likeness (QED) is 0.830. The lowest BCUT2D eigenvalue weighted by atomic mass is 10.1. The van der Waals surface area contributed by atoms with Crippen LogP contribution in [0.5, 0.6) is 0 Å². The van der Waals surface area contributed by atoms with Gasteiger partial charge in [-0.05, 0) is 44.6 Å². The molecule has 2 aromatic rings. The highest BCUT2D eigenvalue weighted by Crippen LogP contribution is 2.22. The third-order valence-electron chi connectivity index (χ3n) is 3.37. The molecule has 0 aliphatic carbocycles. The summed E-state index contributed by atoms with van der Waals surface area (Å²) in [5.74, 6) is -0.760. The van der Waals surface area contributed by atoms with Crippen LogP contribution in [0.15, 0.2) is 24.3 Å². The van der Waals surface area contributed by atoms with E-state index in [4.69, 9.17) is 16.7 Å². The number of carbonyl (C=O) groups is 1. The van der Waals surface area contributed by atoms with Gasteiger partial charge >= 0.3 is 5.97 Å². The highest BCUT2D eigenvalue weighted by molar-refractivity contribution is 6.30. The van der Waals surface area contributed by atoms with E-state index < -0.39 is 5.97 Å². The van der Waals surface area contributed by atoms with E-state index in [1.165, 1.54) is 0 Å². The molecule has 1 N–H and O–H groups in total. The molecule has 1 aromatic carbocycles. The molecular weight excluding hydrogens is 288 g/mol. The van der Waals surface area contributed by atoms with Crippen LogP contribution in [-0.4, -0.2) is 34.6 Å². The minimum Gasteiger partial charge on any atom is -0.481 e. The third-order valence-corrected chi connectivity index (χ3v) is 3.70. The predicted molar refractivity (Wildman–Crippen MR) is 84.7 cm³/mol. The topological polar surface area (TPSA) is 53.4 Å². The highest BCUT2D eigenvalue weighted by Gasteiger charge is 2.08. The van der Waals surface area contributed by atoms with Gasteiger partial charge < -0.3 is 10.0 Å². The van der Waals surface area contributed by atoms with Crippen molar-refractivity contribution < 1.29 is 9.90 Å². The Morgan fingerprint density at radius 3 is 2.86 bits per heavy atom. The Bertz CT molecular complexity index is 658. The summed E-state index contributed by atoms with van der Waals surface area (Å²) >= 11 is 6.25. The fourth-order valence-corrected chi connectivity index (χ4v) is 2.48. The fraction of sp³-hybridized carbons (Fsp3) is 0.375. The first-order valence-electron chi connectivity index (χ1n) is 6.92. The van der Waals surface area contributed by atoms with Gasteiger partial charge in [-0.25, -0.2) is 4.98 Å². The number of halogens is 1. The highest BCUT2D eigenvalue weighted by atomic mass is 35.5. The van der Waals surface area contributed by atoms with Gasteiger partial charge in [-0.3, -0.25) is 4.79 Å². The minimum absolute atomic E-state index is 0.188. The molecule has 0 aliphatic heterocycles. The second-order valence-corrected chi connectivity index (χ2v) is 5.73. The van der Waals surface area contributed by atoms with Gasteiger partial charge in [0.1, 0.15) is 5.15 Å². The first kappa shape index (κ1) is 15.7. The number of benzene rings is 1. The van der Waals surface area contributed by atoms with Crippen molar-refractivity contribution in [1.29, 1.82) is 0 Å². The van der Waals surface area contributed by atoms with Crippen LogP contribution in [0, 0.1) is 6.92 Å². The van der Waals surface area contributed by atoms with Crippen LogP contribution in [0.1, 0.15) is 24.0 Å². The van der Waals surface area contributed by atoms with Crippen molar-refractivity contribution >= 4 is 28.5 Å². The Hall–Kier alpha value is -1.65. The molecule has 1 heterocycles. The monoisotopic (exact) mass is 306 g/mol. The summed E-state index contributed by atoms with van der Waals surface area (Å²) < 4.78 is 0. The molecule has 1 aromatic heterocycles. The lowest BCUT2D eigenvalue weighted by Gasteiger charge is -2.17. The Morgan fingerprint density at radius 1 is 1.38 bits per heavy atom. The number of hydrogen-bond donors (Lipinski definition) is 1. The molecule has 0 saturated heterocycles. The van der Waals surface area contributed by atoms with E-state index in [1.54, 1.807) is 0 Å². The molecule has 0 spiro atoms. The smallest absolute Gasteiger partial charge is 0.303 e. The van der Waals surface area contributed by atoms with Crippen LogP contribution < -0.4 is 0 Å². The fourth-order valence-electron chi connectivity index (χ4n) is 2.28. The van der Waals surface area contributed by atoms with Gasteiger partial charge in [0.05, 0.1) is 5.52 Å². The third kappa shape index (κ3) is 4.41. The van der Waals surface area contributed by atoms with Crippen molar-refractivity contribution in [1.82, 2.24) is 9.88 Å². The number of pyridine rings is 1. The molecule has 0 unspecified atom stereocenters. The normalized spacial score (nSPS) is 11.2. The number of carboxylic acid groups (broad SMARTS) is 1. The van der Waals surface area contributed by atoms with E-state index in [0.29, 0.717) is 24.7 Å². The summed E-state index contributed by atoms with van der Waals surface area (Å²) in [5, 5.41) is 10.2. The molecule has 5 heteroatoms. The van der Waals surface area contributed by atoms with Gasteiger partial charge in [0.25, 0.3) is 0 Å². The summed E-state index contributed by atoms with van der Waals surface area (Å²) in [6.07, 6.45) is 0.816. The molecular formula is C16H19ClN2O2. The van der Waals surface area contributed by atoms with E-state index >= 15 is 0 Å². The molecule has 0 aliphatic rings. The average Bonchev–Trinajstić information content (AvgIpc) is 2.39. The number of aliphatic carboxylic acids is 1. The van der Waals surface area contributed by atoms with Crippen LogP contribution in [0.25, 0.3) is 10.9 Å². The van der Waals surface area contributed by atoms with Gasteiger partial charge in [-0.15, -0.1) is 0 Å². The number of carboxylic acids is 1. The summed E-state index contributed by atoms with van der Waals surface area (Å²) in [4.78, 5) is 17.0. The second kappa shape index (κ2) is 6.87. The lowest BCUT2D eigenvalue weighted by Crippen LogP contribution is -2.20. The predicted octanol–water partition coefficient (Wildman–Crippen LogP) is 3.49. The zero-order valence-corrected chi connectivity index (χ0v) is 13.0. The molecule has 2 rings (SSSR count). The number of nitrogens with zero attached hydrogens (tertiary/aromatic N) is 2. The van der Waals surface area contributed by atoms with Crippen LogP contribution in [0.3, 0.4) is 0 Å². The van der Waals surface area contributed by atoms with E-state index in [2.05, 4.69) is 22.0 Å². The molecule has 0 radical (unpaired) electrons. The van der Waals surface area contributed by atoms with Gasteiger partial charge in [0, 0.05) is 23.9 Å². The van der Waals surface area contributed by atoms with E-state index in [9.17, 15) is 4.79 Å². The molecule has 112 valence electrons. The Kier molecular flexibility index (Phi) is 5.15. The Balaban J connectivity index is 2.09. The second-order valence-electron chi connectivity index (χ2n) is 5.37. The molecule has 0 amide bonds. The van der Waals surface area contributed by atoms with E-state index in [1.807, 2.05) is 26.1 Å². The maximum atomic E-state index is 10.5. The summed E-state index contributed by atoms with van der Waals surface area (Å²) in [7, 11) is 1.96. The van der Waals surface area contributed by atoms with Crippen molar-refractivity contribution in [3.8, 4) is 0 Å². The average molecular weight is 307 g/mol. The van der Waals surface area contributed by atoms with Crippen molar-refractivity contribution in [3.05, 3.63) is 40.5 Å². The van der Waals surface area contributed by atoms with Gasteiger partial charge in [-0.1, -0.05) is 23.7 Å². The first-order valence-corrected chi connectivity index (χ1v) is 7.29. The number of aryl methyl sites for hydroxylation is 1. The van der Waals surface area contributed by atoms with Crippen molar-refractivity contribution in [3.63, 3.8) is 0 Å². The molecule has 0 saturated carbocycles. The van der Waals surface area contributed by atoms with E-state index in [-0.39, 0.29) is 6.42 Å². The maximum Gasteiger partial charge on any atom is 0.303 e. The van der Waals surface area contributed by atoms with Crippen LogP contribution in [0.4, 0.5) is 0 Å². The molecule has 0 bridgehead atoms. The van der Waals surface area contributed by atoms with Crippen LogP contribution in [-0.2, 0) is 11.3 Å². The minimum atomic E-state index is -0.760. The van der Waals surface area contributed by atoms with Gasteiger partial charge in [0.15, 0.2) is 0 Å². The standard InChI is InChI=1S/C16H19ClN2O2/c1-11-5-6-12-9-13(16(17)18-14(12)8-11)10-19(2)7-3-4-15(20)21/h5-6,8-9H,3-4,7,10H2,1-2H3,(H,20,21). The zero-order chi connectivity index (χ0) is 15.4. The van der Waals surface area contributed by atoms with Crippen LogP contribution >= 0.6 is 11.6 Å². The number of hydrogen-bond acceptors (Lipinski definition) is 3. The number of rotatable bonds is 6. The molecule has 21 heavy (non-hydrogen) atoms. The molecule has 4 nitrogen and oxygen atoms in total. The largest absolute Gasteiger partial charge is 0.481 e. The SMILES string of the molecule is Cc1ccc2cc(CN(C)CCCC(=O)O)c(Cl)nc2c1. The van der Waals surface area contributed by atoms with Crippen LogP contribution in [0.2, 0.25) is 5.15 Å². The Labute approximate surface area is 129 Å². The lowest BCUT2D eigenvalue weighted by molar-refractivity contribution is -0.137. The Morgan fingerprint density at radius 2 is 2.14 bits per heavy atom. The first-order chi connectivity index (χ1) is 9.95. The zero-order valence-electron chi connectivity index (χ0n) is 12.3. The molecule has 0 atom stereocenters. The van der Waals surface area contributed by atoms with E-state index in [0.717, 1.165) is 22.0 Å². The van der Waals surface area contributed by atoms with Crippen molar-refractivity contribution in [2.45, 2.75) is 26.3 Å². The van der Waals surface area contributed by atoms with Gasteiger partial charge in [0.2, 0.25) is 0 Å². The summed E-state index contributed by atoms with van der Waals surface area (Å²) in [6.45, 7) is 3.41. The van der Waals surface area contributed by atoms with Gasteiger partial charge in [-0.2, -0.15) is 0 Å². The maximum absolute atomic E-state index is 10.5. The number of fused-ring (bicyclic) bond motifs is 1. The summed E-state index contributed by atoms with van der Waals surface area (Å²) in [5.41, 5.74) is 3.02. The van der Waals surface area contributed by atoms with Crippen molar-refractivity contribution in [2.24, 2.45) is 0 Å². The summed E-state index contributed by atoms with van der Waals surface area (Å²) in [6, 6.07) is 8.17. The van der Waals surface area contributed by atoms with Crippen molar-refractivity contribution in [2.75, 3.05) is 13.6 Å².